The third-order valence-electron chi connectivity index (χ3n) is 5.27. The van der Waals surface area contributed by atoms with Crippen molar-refractivity contribution < 1.29 is 28.7 Å². The fourth-order valence-corrected chi connectivity index (χ4v) is 3.49. The van der Waals surface area contributed by atoms with Crippen molar-refractivity contribution in [3.8, 4) is 0 Å². The number of fused-ring (bicyclic) bond motifs is 1. The number of rotatable bonds is 10. The standard InChI is InChI=1S/C25H29N5O6.ClH/c1-15(2)11-18(26)23(33)27-13-21(31)36-14-30-20-10-9-17(22(32)16-7-5-4-6-8-16)12-19(20)28-24(30)29-25(34)35-3;/h4-10,12,15,18H,11,13-14,26H2,1-3H3,(H,27,33)(H,28,29,34);1H/t18-;/m0./s1. The highest BCUT2D eigenvalue weighted by atomic mass is 35.5. The quantitative estimate of drug-likeness (QED) is 0.266. The highest BCUT2D eigenvalue weighted by Gasteiger charge is 2.19. The largest absolute Gasteiger partial charge is 0.453 e. The summed E-state index contributed by atoms with van der Waals surface area (Å²) in [6, 6.07) is 12.9. The molecule has 198 valence electrons. The summed E-state index contributed by atoms with van der Waals surface area (Å²) in [5, 5.41) is 4.92. The second-order valence-corrected chi connectivity index (χ2v) is 8.48. The summed E-state index contributed by atoms with van der Waals surface area (Å²) in [6.45, 7) is 3.20. The Morgan fingerprint density at radius 1 is 1.05 bits per heavy atom. The number of benzene rings is 2. The number of amides is 2. The fraction of sp³-hybridized carbons (Fsp3) is 0.320. The number of ether oxygens (including phenoxy) is 2. The molecule has 1 atom stereocenters. The Bertz CT molecular complexity index is 1260. The first-order chi connectivity index (χ1) is 17.2. The van der Waals surface area contributed by atoms with Gasteiger partial charge in [-0.15, -0.1) is 12.4 Å². The Hall–Kier alpha value is -3.96. The third kappa shape index (κ3) is 7.76. The maximum absolute atomic E-state index is 12.8. The number of nitrogens with two attached hydrogens (primary N) is 1. The summed E-state index contributed by atoms with van der Waals surface area (Å²) in [6.07, 6.45) is -0.288. The lowest BCUT2D eigenvalue weighted by molar-refractivity contribution is -0.147. The van der Waals surface area contributed by atoms with Gasteiger partial charge in [-0.3, -0.25) is 24.3 Å². The van der Waals surface area contributed by atoms with Crippen molar-refractivity contribution in [2.24, 2.45) is 11.7 Å². The van der Waals surface area contributed by atoms with Crippen LogP contribution in [0, 0.1) is 5.92 Å². The Morgan fingerprint density at radius 3 is 2.41 bits per heavy atom. The summed E-state index contributed by atoms with van der Waals surface area (Å²) < 4.78 is 11.4. The highest BCUT2D eigenvalue weighted by molar-refractivity contribution is 6.10. The van der Waals surface area contributed by atoms with Crippen molar-refractivity contribution in [1.29, 1.82) is 0 Å². The van der Waals surface area contributed by atoms with Gasteiger partial charge in [-0.05, 0) is 30.5 Å². The molecule has 1 heterocycles. The van der Waals surface area contributed by atoms with E-state index in [1.807, 2.05) is 19.9 Å². The van der Waals surface area contributed by atoms with Gasteiger partial charge in [-0.25, -0.2) is 9.78 Å². The van der Waals surface area contributed by atoms with E-state index in [9.17, 15) is 19.2 Å². The molecule has 0 aliphatic rings. The minimum Gasteiger partial charge on any atom is -0.453 e. The summed E-state index contributed by atoms with van der Waals surface area (Å²) in [7, 11) is 1.20. The number of nitrogens with one attached hydrogen (secondary N) is 2. The molecule has 0 saturated heterocycles. The number of carbonyl (C=O) groups excluding carboxylic acids is 4. The lowest BCUT2D eigenvalue weighted by Gasteiger charge is -2.14. The van der Waals surface area contributed by atoms with Gasteiger partial charge in [0.2, 0.25) is 11.9 Å². The summed E-state index contributed by atoms with van der Waals surface area (Å²) in [4.78, 5) is 53.3. The van der Waals surface area contributed by atoms with Crippen LogP contribution < -0.4 is 16.4 Å². The van der Waals surface area contributed by atoms with Gasteiger partial charge in [-0.2, -0.15) is 0 Å². The number of methoxy groups -OCH3 is 1. The number of esters is 1. The monoisotopic (exact) mass is 531 g/mol. The van der Waals surface area contributed by atoms with Crippen molar-refractivity contribution in [2.75, 3.05) is 19.0 Å². The predicted octanol–water partition coefficient (Wildman–Crippen LogP) is 2.86. The molecule has 12 heteroatoms. The number of nitrogens with zero attached hydrogens (tertiary/aromatic N) is 2. The second-order valence-electron chi connectivity index (χ2n) is 8.48. The summed E-state index contributed by atoms with van der Waals surface area (Å²) >= 11 is 0. The smallest absolute Gasteiger partial charge is 0.413 e. The van der Waals surface area contributed by atoms with Crippen LogP contribution in [0.3, 0.4) is 0 Å². The van der Waals surface area contributed by atoms with Crippen LogP contribution in [0.1, 0.15) is 36.2 Å². The average Bonchev–Trinajstić information content (AvgIpc) is 3.21. The molecule has 3 rings (SSSR count). The zero-order valence-electron chi connectivity index (χ0n) is 20.7. The highest BCUT2D eigenvalue weighted by Crippen LogP contribution is 2.23. The van der Waals surface area contributed by atoms with Gasteiger partial charge in [-0.1, -0.05) is 44.2 Å². The van der Waals surface area contributed by atoms with E-state index in [0.717, 1.165) is 0 Å². The number of ketones is 1. The van der Waals surface area contributed by atoms with E-state index in [4.69, 9.17) is 10.5 Å². The van der Waals surface area contributed by atoms with E-state index in [1.54, 1.807) is 42.5 Å². The van der Waals surface area contributed by atoms with Crippen LogP contribution in [0.25, 0.3) is 11.0 Å². The fourth-order valence-electron chi connectivity index (χ4n) is 3.49. The van der Waals surface area contributed by atoms with Crippen LogP contribution in [-0.4, -0.2) is 53.0 Å². The van der Waals surface area contributed by atoms with Crippen LogP contribution in [0.15, 0.2) is 48.5 Å². The lowest BCUT2D eigenvalue weighted by Crippen LogP contribution is -2.43. The lowest BCUT2D eigenvalue weighted by atomic mass is 10.0. The minimum atomic E-state index is -0.773. The van der Waals surface area contributed by atoms with Gasteiger partial charge in [0.15, 0.2) is 12.5 Å². The maximum Gasteiger partial charge on any atom is 0.413 e. The van der Waals surface area contributed by atoms with Gasteiger partial charge in [0.25, 0.3) is 0 Å². The predicted molar refractivity (Wildman–Crippen MR) is 139 cm³/mol. The molecule has 0 bridgehead atoms. The number of hydrogen-bond donors (Lipinski definition) is 3. The van der Waals surface area contributed by atoms with Gasteiger partial charge in [0, 0.05) is 11.1 Å². The maximum atomic E-state index is 12.8. The summed E-state index contributed by atoms with van der Waals surface area (Å²) in [5.74, 6) is -1.06. The van der Waals surface area contributed by atoms with Gasteiger partial charge >= 0.3 is 12.1 Å². The second kappa shape index (κ2) is 13.4. The van der Waals surface area contributed by atoms with Crippen molar-refractivity contribution >= 4 is 53.1 Å². The molecule has 0 fully saturated rings. The first-order valence-electron chi connectivity index (χ1n) is 11.3. The van der Waals surface area contributed by atoms with E-state index in [1.165, 1.54) is 11.7 Å². The van der Waals surface area contributed by atoms with Crippen molar-refractivity contribution in [2.45, 2.75) is 33.0 Å². The first kappa shape index (κ1) is 29.3. The Morgan fingerprint density at radius 2 is 1.76 bits per heavy atom. The molecule has 0 aliphatic carbocycles. The molecule has 11 nitrogen and oxygen atoms in total. The number of anilines is 1. The molecule has 0 unspecified atom stereocenters. The SMILES string of the molecule is COC(=O)Nc1nc2cc(C(=O)c3ccccc3)ccc2n1COC(=O)CNC(=O)[C@@H](N)CC(C)C.Cl. The molecule has 0 aliphatic heterocycles. The zero-order valence-corrected chi connectivity index (χ0v) is 21.5. The molecular weight excluding hydrogens is 502 g/mol. The Labute approximate surface area is 220 Å². The minimum absolute atomic E-state index is 0. The van der Waals surface area contributed by atoms with Crippen LogP contribution in [0.2, 0.25) is 0 Å². The number of hydrogen-bond acceptors (Lipinski definition) is 8. The molecule has 3 aromatic rings. The van der Waals surface area contributed by atoms with Crippen LogP contribution in [0.4, 0.5) is 10.7 Å². The van der Waals surface area contributed by atoms with Gasteiger partial charge in [0.05, 0.1) is 24.2 Å². The van der Waals surface area contributed by atoms with Crippen molar-refractivity contribution in [3.05, 3.63) is 59.7 Å². The van der Waals surface area contributed by atoms with Gasteiger partial charge < -0.3 is 20.5 Å². The average molecular weight is 532 g/mol. The molecule has 37 heavy (non-hydrogen) atoms. The molecule has 0 saturated carbocycles. The van der Waals surface area contributed by atoms with Crippen LogP contribution in [0.5, 0.6) is 0 Å². The Kier molecular flexibility index (Phi) is 10.6. The molecule has 2 amide bonds. The molecule has 4 N–H and O–H groups in total. The van der Waals surface area contributed by atoms with E-state index in [0.29, 0.717) is 28.6 Å². The zero-order chi connectivity index (χ0) is 26.2. The number of aromatic nitrogens is 2. The van der Waals surface area contributed by atoms with E-state index in [-0.39, 0.29) is 43.3 Å². The van der Waals surface area contributed by atoms with Crippen molar-refractivity contribution in [3.63, 3.8) is 0 Å². The normalized spacial score (nSPS) is 11.4. The third-order valence-corrected chi connectivity index (χ3v) is 5.27. The van der Waals surface area contributed by atoms with Gasteiger partial charge in [0.1, 0.15) is 6.54 Å². The Balaban J connectivity index is 0.00000481. The van der Waals surface area contributed by atoms with E-state index in [2.05, 4.69) is 20.4 Å². The van der Waals surface area contributed by atoms with Crippen LogP contribution >= 0.6 is 12.4 Å². The topological polar surface area (TPSA) is 155 Å². The molecule has 0 spiro atoms. The number of carbonyl (C=O) groups is 4. The van der Waals surface area contributed by atoms with E-state index < -0.39 is 24.0 Å². The molecular formula is C25H30ClN5O6. The molecule has 0 radical (unpaired) electrons. The van der Waals surface area contributed by atoms with Crippen molar-refractivity contribution in [1.82, 2.24) is 14.9 Å². The molecule has 1 aromatic heterocycles. The van der Waals surface area contributed by atoms with E-state index >= 15 is 0 Å². The molecule has 2 aromatic carbocycles. The summed E-state index contributed by atoms with van der Waals surface area (Å²) in [5.41, 5.74) is 7.64. The van der Waals surface area contributed by atoms with Crippen LogP contribution in [-0.2, 0) is 25.8 Å². The number of halogens is 1. The number of imidazole rings is 1. The first-order valence-corrected chi connectivity index (χ1v) is 11.3.